The van der Waals surface area contributed by atoms with Crippen molar-refractivity contribution >= 4 is 23.4 Å². The van der Waals surface area contributed by atoms with Crippen LogP contribution in [0.5, 0.6) is 5.75 Å². The summed E-state index contributed by atoms with van der Waals surface area (Å²) in [5.74, 6) is 2.55. The van der Waals surface area contributed by atoms with Crippen LogP contribution in [0.3, 0.4) is 0 Å². The molecular weight excluding hydrogens is 324 g/mol. The molecule has 0 saturated carbocycles. The van der Waals surface area contributed by atoms with Gasteiger partial charge >= 0.3 is 0 Å². The number of thioether (sulfide) groups is 1. The van der Waals surface area contributed by atoms with Crippen LogP contribution in [0, 0.1) is 0 Å². The fourth-order valence-electron chi connectivity index (χ4n) is 2.70. The van der Waals surface area contributed by atoms with Crippen molar-refractivity contribution in [3.05, 3.63) is 30.1 Å². The molecule has 1 aromatic carbocycles. The third-order valence-corrected chi connectivity index (χ3v) is 4.98. The highest BCUT2D eigenvalue weighted by atomic mass is 32.2. The number of carbonyl (C=O) groups is 1. The first-order valence-electron chi connectivity index (χ1n) is 8.25. The Bertz CT molecular complexity index is 684. The van der Waals surface area contributed by atoms with E-state index in [-0.39, 0.29) is 5.91 Å². The minimum atomic E-state index is 0.00303. The lowest BCUT2D eigenvalue weighted by molar-refractivity contribution is -0.115. The quantitative estimate of drug-likeness (QED) is 0.814. The number of methoxy groups -OCH3 is 1. The molecule has 6 nitrogen and oxygen atoms in total. The Morgan fingerprint density at radius 3 is 2.88 bits per heavy atom. The summed E-state index contributed by atoms with van der Waals surface area (Å²) in [5.41, 5.74) is 0.780. The number of amides is 1. The fraction of sp³-hybridized carbons (Fsp3) is 0.471. The topological polar surface area (TPSA) is 69.0 Å². The SMILES string of the molecule is COc1ccc(NC(=O)CCSc2nnc3n2CCCCC3)cc1. The van der Waals surface area contributed by atoms with E-state index < -0.39 is 0 Å². The number of hydrogen-bond donors (Lipinski definition) is 1. The zero-order chi connectivity index (χ0) is 16.8. The van der Waals surface area contributed by atoms with Crippen molar-refractivity contribution in [3.63, 3.8) is 0 Å². The highest BCUT2D eigenvalue weighted by Crippen LogP contribution is 2.22. The van der Waals surface area contributed by atoms with Crippen LogP contribution in [-0.4, -0.2) is 33.5 Å². The molecule has 1 aromatic heterocycles. The molecule has 0 radical (unpaired) electrons. The molecule has 1 aliphatic rings. The lowest BCUT2D eigenvalue weighted by Gasteiger charge is -2.07. The second-order valence-corrected chi connectivity index (χ2v) is 6.80. The first kappa shape index (κ1) is 16.8. The number of benzene rings is 1. The van der Waals surface area contributed by atoms with Gasteiger partial charge in [-0.2, -0.15) is 0 Å². The maximum atomic E-state index is 12.0. The van der Waals surface area contributed by atoms with Gasteiger partial charge in [-0.3, -0.25) is 4.79 Å². The number of nitrogens with zero attached hydrogens (tertiary/aromatic N) is 3. The molecule has 24 heavy (non-hydrogen) atoms. The van der Waals surface area contributed by atoms with Gasteiger partial charge in [0.15, 0.2) is 5.16 Å². The summed E-state index contributed by atoms with van der Waals surface area (Å²) in [6.07, 6.45) is 5.06. The van der Waals surface area contributed by atoms with Gasteiger partial charge in [0.25, 0.3) is 0 Å². The minimum absolute atomic E-state index is 0.00303. The van der Waals surface area contributed by atoms with E-state index in [1.54, 1.807) is 18.9 Å². The van der Waals surface area contributed by atoms with Gasteiger partial charge in [0.1, 0.15) is 11.6 Å². The van der Waals surface area contributed by atoms with Crippen LogP contribution in [0.4, 0.5) is 5.69 Å². The van der Waals surface area contributed by atoms with Crippen LogP contribution in [0.15, 0.2) is 29.4 Å². The number of carbonyl (C=O) groups excluding carboxylic acids is 1. The van der Waals surface area contributed by atoms with Gasteiger partial charge in [-0.1, -0.05) is 18.2 Å². The number of hydrogen-bond acceptors (Lipinski definition) is 5. The second-order valence-electron chi connectivity index (χ2n) is 5.74. The van der Waals surface area contributed by atoms with Crippen molar-refractivity contribution in [1.82, 2.24) is 14.8 Å². The molecule has 7 heteroatoms. The first-order chi connectivity index (χ1) is 11.8. The predicted octanol–water partition coefficient (Wildman–Crippen LogP) is 3.13. The summed E-state index contributed by atoms with van der Waals surface area (Å²) in [6.45, 7) is 0.989. The van der Waals surface area contributed by atoms with E-state index in [2.05, 4.69) is 20.1 Å². The van der Waals surface area contributed by atoms with Gasteiger partial charge < -0.3 is 14.6 Å². The van der Waals surface area contributed by atoms with Crippen molar-refractivity contribution in [2.75, 3.05) is 18.2 Å². The van der Waals surface area contributed by atoms with Crippen molar-refractivity contribution < 1.29 is 9.53 Å². The van der Waals surface area contributed by atoms with E-state index >= 15 is 0 Å². The number of anilines is 1. The third kappa shape index (κ3) is 4.29. The number of fused-ring (bicyclic) bond motifs is 1. The van der Waals surface area contributed by atoms with Crippen LogP contribution in [0.2, 0.25) is 0 Å². The Morgan fingerprint density at radius 2 is 2.08 bits per heavy atom. The summed E-state index contributed by atoms with van der Waals surface area (Å²) in [4.78, 5) is 12.0. The normalized spacial score (nSPS) is 13.9. The Balaban J connectivity index is 1.47. The highest BCUT2D eigenvalue weighted by molar-refractivity contribution is 7.99. The number of aromatic nitrogens is 3. The zero-order valence-corrected chi connectivity index (χ0v) is 14.6. The van der Waals surface area contributed by atoms with Gasteiger partial charge in [0, 0.05) is 30.8 Å². The predicted molar refractivity (Wildman–Crippen MR) is 94.5 cm³/mol. The summed E-state index contributed by atoms with van der Waals surface area (Å²) >= 11 is 1.60. The summed E-state index contributed by atoms with van der Waals surface area (Å²) in [5, 5.41) is 12.4. The van der Waals surface area contributed by atoms with E-state index in [4.69, 9.17) is 4.74 Å². The van der Waals surface area contributed by atoms with Crippen molar-refractivity contribution in [1.29, 1.82) is 0 Å². The fourth-order valence-corrected chi connectivity index (χ4v) is 3.62. The van der Waals surface area contributed by atoms with Gasteiger partial charge in [-0.05, 0) is 37.1 Å². The summed E-state index contributed by atoms with van der Waals surface area (Å²) in [6, 6.07) is 7.33. The van der Waals surface area contributed by atoms with Crippen LogP contribution in [0.1, 0.15) is 31.5 Å². The molecule has 0 saturated heterocycles. The van der Waals surface area contributed by atoms with E-state index in [0.29, 0.717) is 12.2 Å². The Labute approximate surface area is 146 Å². The second kappa shape index (κ2) is 8.19. The summed E-state index contributed by atoms with van der Waals surface area (Å²) < 4.78 is 7.31. The third-order valence-electron chi connectivity index (χ3n) is 4.01. The van der Waals surface area contributed by atoms with Crippen LogP contribution in [-0.2, 0) is 17.8 Å². The largest absolute Gasteiger partial charge is 0.497 e. The average Bonchev–Trinajstić information content (AvgIpc) is 2.82. The summed E-state index contributed by atoms with van der Waals surface area (Å²) in [7, 11) is 1.62. The Hall–Kier alpha value is -2.02. The molecule has 2 aromatic rings. The highest BCUT2D eigenvalue weighted by Gasteiger charge is 2.15. The molecule has 128 valence electrons. The smallest absolute Gasteiger partial charge is 0.225 e. The van der Waals surface area contributed by atoms with Gasteiger partial charge in [-0.15, -0.1) is 10.2 Å². The van der Waals surface area contributed by atoms with Crippen molar-refractivity contribution in [2.24, 2.45) is 0 Å². The minimum Gasteiger partial charge on any atom is -0.497 e. The number of aryl methyl sites for hydroxylation is 1. The Morgan fingerprint density at radius 1 is 1.25 bits per heavy atom. The monoisotopic (exact) mass is 346 g/mol. The van der Waals surface area contributed by atoms with Crippen LogP contribution < -0.4 is 10.1 Å². The molecule has 0 unspecified atom stereocenters. The lowest BCUT2D eigenvalue weighted by Crippen LogP contribution is -2.12. The molecule has 0 aliphatic carbocycles. The van der Waals surface area contributed by atoms with Crippen LogP contribution in [0.25, 0.3) is 0 Å². The van der Waals surface area contributed by atoms with Gasteiger partial charge in [0.05, 0.1) is 7.11 Å². The Kier molecular flexibility index (Phi) is 5.74. The molecule has 1 N–H and O–H groups in total. The van der Waals surface area contributed by atoms with Crippen molar-refractivity contribution in [2.45, 2.75) is 43.8 Å². The lowest BCUT2D eigenvalue weighted by atomic mass is 10.2. The molecule has 0 atom stereocenters. The molecular formula is C17H22N4O2S. The number of rotatable bonds is 6. The maximum absolute atomic E-state index is 12.0. The first-order valence-corrected chi connectivity index (χ1v) is 9.23. The molecule has 1 amide bonds. The number of ether oxygens (including phenoxy) is 1. The molecule has 2 heterocycles. The van der Waals surface area contributed by atoms with Gasteiger partial charge in [-0.25, -0.2) is 0 Å². The molecule has 1 aliphatic heterocycles. The average molecular weight is 346 g/mol. The van der Waals surface area contributed by atoms with E-state index in [9.17, 15) is 4.79 Å². The number of nitrogens with one attached hydrogen (secondary N) is 1. The standard InChI is InChI=1S/C17H22N4O2S/c1-23-14-8-6-13(7-9-14)18-16(22)10-12-24-17-20-19-15-5-3-2-4-11-21(15)17/h6-9H,2-5,10-12H2,1H3,(H,18,22). The van der Waals surface area contributed by atoms with Crippen molar-refractivity contribution in [3.8, 4) is 5.75 Å². The molecule has 0 fully saturated rings. The molecule has 0 spiro atoms. The molecule has 3 rings (SSSR count). The van der Waals surface area contributed by atoms with E-state index in [0.717, 1.165) is 35.4 Å². The van der Waals surface area contributed by atoms with Crippen LogP contribution >= 0.6 is 11.8 Å². The van der Waals surface area contributed by atoms with E-state index in [1.807, 2.05) is 24.3 Å². The maximum Gasteiger partial charge on any atom is 0.225 e. The molecule has 0 bridgehead atoms. The van der Waals surface area contributed by atoms with Gasteiger partial charge in [0.2, 0.25) is 5.91 Å². The zero-order valence-electron chi connectivity index (χ0n) is 13.8. The van der Waals surface area contributed by atoms with E-state index in [1.165, 1.54) is 19.3 Å².